The van der Waals surface area contributed by atoms with Crippen LogP contribution in [-0.4, -0.2) is 22.4 Å². The first-order chi connectivity index (χ1) is 12.6. The van der Waals surface area contributed by atoms with Gasteiger partial charge in [0, 0.05) is 22.9 Å². The van der Waals surface area contributed by atoms with Gasteiger partial charge in [-0.25, -0.2) is 4.98 Å². The quantitative estimate of drug-likeness (QED) is 0.459. The van der Waals surface area contributed by atoms with Crippen LogP contribution in [0.25, 0.3) is 11.3 Å². The molecule has 0 saturated heterocycles. The molecule has 0 bridgehead atoms. The van der Waals surface area contributed by atoms with Crippen LogP contribution < -0.4 is 5.32 Å². The Morgan fingerprint density at radius 2 is 1.88 bits per heavy atom. The van der Waals surface area contributed by atoms with Crippen LogP contribution in [0.4, 0.5) is 5.13 Å². The number of thioether (sulfide) groups is 1. The Morgan fingerprint density at radius 1 is 1.12 bits per heavy atom. The summed E-state index contributed by atoms with van der Waals surface area (Å²) in [5, 5.41) is 3.24. The number of hydrogen-bond acceptors (Lipinski definition) is 5. The van der Waals surface area contributed by atoms with Crippen molar-refractivity contribution in [3.05, 3.63) is 65.0 Å². The summed E-state index contributed by atoms with van der Waals surface area (Å²) >= 11 is 2.89. The van der Waals surface area contributed by atoms with E-state index in [0.717, 1.165) is 16.2 Å². The normalized spacial score (nSPS) is 10.5. The highest BCUT2D eigenvalue weighted by atomic mass is 32.2. The van der Waals surface area contributed by atoms with Crippen LogP contribution >= 0.6 is 23.1 Å². The number of amides is 1. The summed E-state index contributed by atoms with van der Waals surface area (Å²) in [7, 11) is 0. The molecule has 1 aromatic heterocycles. The fourth-order valence-corrected chi connectivity index (χ4v) is 4.06. The number of nitrogens with zero attached hydrogens (tertiary/aromatic N) is 1. The summed E-state index contributed by atoms with van der Waals surface area (Å²) in [4.78, 5) is 30.6. The van der Waals surface area contributed by atoms with E-state index in [1.807, 2.05) is 48.5 Å². The average molecular weight is 383 g/mol. The predicted molar refractivity (Wildman–Crippen MR) is 108 cm³/mol. The first-order valence-corrected chi connectivity index (χ1v) is 10.00. The molecule has 0 radical (unpaired) electrons. The van der Waals surface area contributed by atoms with Crippen LogP contribution in [0.2, 0.25) is 0 Å². The molecule has 4 nitrogen and oxygen atoms in total. The number of anilines is 1. The standard InChI is InChI=1S/C20H18N2O2S2/c1-3-25-16-11-7-10-15(12-16)19(24)22-20-21-17(18(26-20)13(2)23)14-8-5-4-6-9-14/h4-12H,3H2,1-2H3,(H,21,22,24). The minimum Gasteiger partial charge on any atom is -0.298 e. The lowest BCUT2D eigenvalue weighted by Gasteiger charge is -2.04. The third-order valence-corrected chi connectivity index (χ3v) is 5.57. The molecule has 1 N–H and O–H groups in total. The fourth-order valence-electron chi connectivity index (χ4n) is 2.47. The van der Waals surface area contributed by atoms with Gasteiger partial charge in [-0.2, -0.15) is 0 Å². The number of carbonyl (C=O) groups excluding carboxylic acids is 2. The Hall–Kier alpha value is -2.44. The van der Waals surface area contributed by atoms with Gasteiger partial charge in [0.1, 0.15) is 0 Å². The topological polar surface area (TPSA) is 59.1 Å². The summed E-state index contributed by atoms with van der Waals surface area (Å²) in [5.41, 5.74) is 2.04. The molecular weight excluding hydrogens is 364 g/mol. The molecule has 0 saturated carbocycles. The molecule has 0 aliphatic rings. The van der Waals surface area contributed by atoms with E-state index in [4.69, 9.17) is 0 Å². The molecule has 6 heteroatoms. The second kappa shape index (κ2) is 8.29. The van der Waals surface area contributed by atoms with Crippen molar-refractivity contribution in [2.45, 2.75) is 18.7 Å². The first-order valence-electron chi connectivity index (χ1n) is 8.20. The lowest BCUT2D eigenvalue weighted by atomic mass is 10.1. The SMILES string of the molecule is CCSc1cccc(C(=O)Nc2nc(-c3ccccc3)c(C(C)=O)s2)c1. The predicted octanol–water partition coefficient (Wildman–Crippen LogP) is 5.38. The zero-order valence-electron chi connectivity index (χ0n) is 14.5. The van der Waals surface area contributed by atoms with E-state index in [9.17, 15) is 9.59 Å². The number of carbonyl (C=O) groups is 2. The number of thiazole rings is 1. The maximum atomic E-state index is 12.6. The third kappa shape index (κ3) is 4.20. The number of Topliss-reactive ketones (excluding diaryl/α,β-unsaturated/α-hetero) is 1. The molecule has 0 spiro atoms. The van der Waals surface area contributed by atoms with Crippen molar-refractivity contribution >= 4 is 39.9 Å². The number of nitrogens with one attached hydrogen (secondary N) is 1. The van der Waals surface area contributed by atoms with E-state index in [0.29, 0.717) is 21.3 Å². The maximum Gasteiger partial charge on any atom is 0.257 e. The summed E-state index contributed by atoms with van der Waals surface area (Å²) in [5.74, 6) is 0.648. The van der Waals surface area contributed by atoms with E-state index < -0.39 is 0 Å². The zero-order chi connectivity index (χ0) is 18.5. The minimum absolute atomic E-state index is 0.0665. The lowest BCUT2D eigenvalue weighted by molar-refractivity contribution is 0.101. The van der Waals surface area contributed by atoms with Crippen LogP contribution in [0, 0.1) is 0 Å². The average Bonchev–Trinajstić information content (AvgIpc) is 3.07. The number of rotatable bonds is 6. The summed E-state index contributed by atoms with van der Waals surface area (Å²) in [6, 6.07) is 17.0. The van der Waals surface area contributed by atoms with E-state index in [1.165, 1.54) is 18.3 Å². The maximum absolute atomic E-state index is 12.6. The zero-order valence-corrected chi connectivity index (χ0v) is 16.1. The van der Waals surface area contributed by atoms with Crippen molar-refractivity contribution in [3.63, 3.8) is 0 Å². The van der Waals surface area contributed by atoms with Crippen molar-refractivity contribution < 1.29 is 9.59 Å². The molecule has 132 valence electrons. The number of hydrogen-bond donors (Lipinski definition) is 1. The van der Waals surface area contributed by atoms with Gasteiger partial charge in [0.2, 0.25) is 0 Å². The van der Waals surface area contributed by atoms with Gasteiger partial charge >= 0.3 is 0 Å². The Bertz CT molecular complexity index is 936. The van der Waals surface area contributed by atoms with Gasteiger partial charge in [0.05, 0.1) is 10.6 Å². The molecule has 0 aliphatic carbocycles. The minimum atomic E-state index is -0.230. The Kier molecular flexibility index (Phi) is 5.85. The highest BCUT2D eigenvalue weighted by molar-refractivity contribution is 7.99. The number of aromatic nitrogens is 1. The largest absolute Gasteiger partial charge is 0.298 e. The van der Waals surface area contributed by atoms with Crippen molar-refractivity contribution in [3.8, 4) is 11.3 Å². The van der Waals surface area contributed by atoms with Gasteiger partial charge in [-0.3, -0.25) is 14.9 Å². The molecule has 0 fully saturated rings. The van der Waals surface area contributed by atoms with E-state index in [-0.39, 0.29) is 11.7 Å². The molecule has 0 aliphatic heterocycles. The van der Waals surface area contributed by atoms with E-state index >= 15 is 0 Å². The van der Waals surface area contributed by atoms with Crippen LogP contribution in [-0.2, 0) is 0 Å². The molecule has 0 atom stereocenters. The molecule has 26 heavy (non-hydrogen) atoms. The van der Waals surface area contributed by atoms with Crippen molar-refractivity contribution in [1.29, 1.82) is 0 Å². The van der Waals surface area contributed by atoms with Crippen LogP contribution in [0.3, 0.4) is 0 Å². The van der Waals surface area contributed by atoms with Crippen molar-refractivity contribution in [1.82, 2.24) is 4.98 Å². The van der Waals surface area contributed by atoms with Crippen molar-refractivity contribution in [2.75, 3.05) is 11.1 Å². The molecule has 1 heterocycles. The van der Waals surface area contributed by atoms with Gasteiger partial charge in [-0.05, 0) is 24.0 Å². The second-order valence-electron chi connectivity index (χ2n) is 5.53. The smallest absolute Gasteiger partial charge is 0.257 e. The first kappa shape index (κ1) is 18.4. The third-order valence-electron chi connectivity index (χ3n) is 3.62. The van der Waals surface area contributed by atoms with Crippen molar-refractivity contribution in [2.24, 2.45) is 0 Å². The highest BCUT2D eigenvalue weighted by Crippen LogP contribution is 2.31. The summed E-state index contributed by atoms with van der Waals surface area (Å²) < 4.78 is 0. The molecule has 2 aromatic carbocycles. The van der Waals surface area contributed by atoms with Crippen LogP contribution in [0.5, 0.6) is 0 Å². The summed E-state index contributed by atoms with van der Waals surface area (Å²) in [6.07, 6.45) is 0. The van der Waals surface area contributed by atoms with Gasteiger partial charge in [-0.1, -0.05) is 54.7 Å². The van der Waals surface area contributed by atoms with Gasteiger partial charge < -0.3 is 0 Å². The molecular formula is C20H18N2O2S2. The van der Waals surface area contributed by atoms with Gasteiger partial charge in [0.15, 0.2) is 10.9 Å². The number of ketones is 1. The Labute approximate surface area is 160 Å². The molecule has 3 aromatic rings. The second-order valence-corrected chi connectivity index (χ2v) is 7.87. The Morgan fingerprint density at radius 3 is 2.58 bits per heavy atom. The van der Waals surface area contributed by atoms with E-state index in [1.54, 1.807) is 17.8 Å². The van der Waals surface area contributed by atoms with E-state index in [2.05, 4.69) is 17.2 Å². The lowest BCUT2D eigenvalue weighted by Crippen LogP contribution is -2.11. The molecule has 1 amide bonds. The highest BCUT2D eigenvalue weighted by Gasteiger charge is 2.18. The number of benzene rings is 2. The summed E-state index contributed by atoms with van der Waals surface area (Å²) in [6.45, 7) is 3.58. The van der Waals surface area contributed by atoms with Gasteiger partial charge in [-0.15, -0.1) is 11.8 Å². The fraction of sp³-hybridized carbons (Fsp3) is 0.150. The van der Waals surface area contributed by atoms with Crippen LogP contribution in [0.15, 0.2) is 59.5 Å². The van der Waals surface area contributed by atoms with Gasteiger partial charge in [0.25, 0.3) is 5.91 Å². The Balaban J connectivity index is 1.87. The molecule has 0 unspecified atom stereocenters. The monoisotopic (exact) mass is 382 g/mol. The van der Waals surface area contributed by atoms with Crippen LogP contribution in [0.1, 0.15) is 33.9 Å². The molecule has 3 rings (SSSR count).